The summed E-state index contributed by atoms with van der Waals surface area (Å²) in [5.74, 6) is 0.728. The highest BCUT2D eigenvalue weighted by atomic mass is 15.1. The van der Waals surface area contributed by atoms with Crippen LogP contribution in [0.1, 0.15) is 34.1 Å². The van der Waals surface area contributed by atoms with Crippen LogP contribution >= 0.6 is 0 Å². The summed E-state index contributed by atoms with van der Waals surface area (Å²) in [4.78, 5) is 2.23. The van der Waals surface area contributed by atoms with E-state index in [9.17, 15) is 0 Å². The predicted octanol–water partition coefficient (Wildman–Crippen LogP) is 1.85. The molecule has 0 aliphatic carbocycles. The molecule has 1 atom stereocenters. The van der Waals surface area contributed by atoms with Crippen LogP contribution < -0.4 is 5.32 Å². The van der Waals surface area contributed by atoms with E-state index in [2.05, 4.69) is 51.0 Å². The van der Waals surface area contributed by atoms with E-state index >= 15 is 0 Å². The first-order valence-electron chi connectivity index (χ1n) is 5.80. The Labute approximate surface area is 94.5 Å². The van der Waals surface area contributed by atoms with E-state index in [0.29, 0.717) is 6.04 Å². The zero-order valence-corrected chi connectivity index (χ0v) is 10.7. The number of nitriles is 1. The first kappa shape index (κ1) is 14.4. The molecular formula is C12H25N3. The second kappa shape index (κ2) is 7.67. The summed E-state index contributed by atoms with van der Waals surface area (Å²) >= 11 is 0. The van der Waals surface area contributed by atoms with Gasteiger partial charge >= 0.3 is 0 Å². The van der Waals surface area contributed by atoms with Gasteiger partial charge in [0, 0.05) is 12.6 Å². The molecule has 3 heteroatoms. The molecule has 1 unspecified atom stereocenters. The van der Waals surface area contributed by atoms with Crippen LogP contribution in [-0.2, 0) is 0 Å². The van der Waals surface area contributed by atoms with E-state index < -0.39 is 0 Å². The van der Waals surface area contributed by atoms with E-state index in [4.69, 9.17) is 5.26 Å². The Kier molecular flexibility index (Phi) is 7.37. The van der Waals surface area contributed by atoms with Crippen LogP contribution in [0.3, 0.4) is 0 Å². The minimum atomic E-state index is -0.0536. The molecule has 0 rings (SSSR count). The number of hydrogen-bond donors (Lipinski definition) is 1. The molecule has 88 valence electrons. The molecule has 0 aromatic carbocycles. The number of nitrogens with zero attached hydrogens (tertiary/aromatic N) is 2. The minimum Gasteiger partial charge on any atom is -0.304 e. The Balaban J connectivity index is 3.81. The molecule has 0 aliphatic rings. The number of likely N-dealkylation sites (N-methyl/N-ethyl adjacent to an activating group) is 1. The molecule has 0 spiro atoms. The number of hydrogen-bond acceptors (Lipinski definition) is 3. The van der Waals surface area contributed by atoms with Crippen molar-refractivity contribution in [2.45, 2.75) is 46.2 Å². The lowest BCUT2D eigenvalue weighted by Crippen LogP contribution is -2.42. The summed E-state index contributed by atoms with van der Waals surface area (Å²) in [5.41, 5.74) is 0. The van der Waals surface area contributed by atoms with Crippen molar-refractivity contribution >= 4 is 0 Å². The largest absolute Gasteiger partial charge is 0.304 e. The molecule has 0 amide bonds. The van der Waals surface area contributed by atoms with Crippen molar-refractivity contribution in [2.24, 2.45) is 5.92 Å². The van der Waals surface area contributed by atoms with Gasteiger partial charge in [-0.1, -0.05) is 13.8 Å². The summed E-state index contributed by atoms with van der Waals surface area (Å²) in [7, 11) is 2.08. The van der Waals surface area contributed by atoms with Crippen LogP contribution in [0.15, 0.2) is 0 Å². The summed E-state index contributed by atoms with van der Waals surface area (Å²) < 4.78 is 0. The van der Waals surface area contributed by atoms with Crippen molar-refractivity contribution in [3.63, 3.8) is 0 Å². The fourth-order valence-electron chi connectivity index (χ4n) is 1.41. The monoisotopic (exact) mass is 211 g/mol. The average Bonchev–Trinajstić information content (AvgIpc) is 2.13. The van der Waals surface area contributed by atoms with Crippen molar-refractivity contribution in [3.8, 4) is 6.07 Å². The maximum Gasteiger partial charge on any atom is 0.108 e. The smallest absolute Gasteiger partial charge is 0.108 e. The van der Waals surface area contributed by atoms with E-state index in [0.717, 1.165) is 19.0 Å². The zero-order chi connectivity index (χ0) is 11.8. The van der Waals surface area contributed by atoms with Crippen LogP contribution in [0.2, 0.25) is 0 Å². The molecule has 0 aliphatic heterocycles. The maximum atomic E-state index is 8.96. The van der Waals surface area contributed by atoms with Crippen LogP contribution in [0.4, 0.5) is 0 Å². The van der Waals surface area contributed by atoms with Crippen LogP contribution in [0.5, 0.6) is 0 Å². The van der Waals surface area contributed by atoms with Gasteiger partial charge in [-0.05, 0) is 39.8 Å². The SMILES string of the molecule is CC(C)CCN(C)CC(C#N)NC(C)C. The first-order chi connectivity index (χ1) is 6.95. The van der Waals surface area contributed by atoms with Crippen LogP contribution in [-0.4, -0.2) is 37.1 Å². The number of rotatable bonds is 7. The second-order valence-electron chi connectivity index (χ2n) is 4.95. The minimum absolute atomic E-state index is 0.0536. The molecule has 15 heavy (non-hydrogen) atoms. The molecule has 0 aromatic rings. The van der Waals surface area contributed by atoms with Crippen molar-refractivity contribution < 1.29 is 0 Å². The third kappa shape index (κ3) is 8.41. The average molecular weight is 211 g/mol. The van der Waals surface area contributed by atoms with Crippen molar-refractivity contribution in [1.29, 1.82) is 5.26 Å². The molecule has 0 fully saturated rings. The van der Waals surface area contributed by atoms with Gasteiger partial charge in [-0.15, -0.1) is 0 Å². The van der Waals surface area contributed by atoms with E-state index in [1.165, 1.54) is 6.42 Å². The van der Waals surface area contributed by atoms with Gasteiger partial charge in [0.2, 0.25) is 0 Å². The fourth-order valence-corrected chi connectivity index (χ4v) is 1.41. The molecule has 0 saturated carbocycles. The normalized spacial score (nSPS) is 13.5. The molecule has 0 bridgehead atoms. The van der Waals surface area contributed by atoms with Crippen LogP contribution in [0.25, 0.3) is 0 Å². The highest BCUT2D eigenvalue weighted by molar-refractivity contribution is 4.92. The Morgan fingerprint density at radius 2 is 1.87 bits per heavy atom. The van der Waals surface area contributed by atoms with Gasteiger partial charge in [0.25, 0.3) is 0 Å². The quantitative estimate of drug-likeness (QED) is 0.698. The van der Waals surface area contributed by atoms with E-state index in [1.54, 1.807) is 0 Å². The van der Waals surface area contributed by atoms with Gasteiger partial charge in [-0.3, -0.25) is 5.32 Å². The number of nitrogens with one attached hydrogen (secondary N) is 1. The summed E-state index contributed by atoms with van der Waals surface area (Å²) in [5, 5.41) is 12.2. The predicted molar refractivity (Wildman–Crippen MR) is 64.6 cm³/mol. The molecular weight excluding hydrogens is 186 g/mol. The Bertz CT molecular complexity index is 194. The lowest BCUT2D eigenvalue weighted by Gasteiger charge is -2.22. The summed E-state index contributed by atoms with van der Waals surface area (Å²) in [6.45, 7) is 10.5. The van der Waals surface area contributed by atoms with Crippen molar-refractivity contribution in [3.05, 3.63) is 0 Å². The van der Waals surface area contributed by atoms with E-state index in [1.807, 2.05) is 0 Å². The Morgan fingerprint density at radius 1 is 1.27 bits per heavy atom. The Morgan fingerprint density at radius 3 is 2.27 bits per heavy atom. The van der Waals surface area contributed by atoms with Gasteiger partial charge < -0.3 is 4.90 Å². The third-order valence-electron chi connectivity index (χ3n) is 2.27. The van der Waals surface area contributed by atoms with E-state index in [-0.39, 0.29) is 6.04 Å². The first-order valence-corrected chi connectivity index (χ1v) is 5.80. The molecule has 0 saturated heterocycles. The molecule has 1 N–H and O–H groups in total. The highest BCUT2D eigenvalue weighted by Crippen LogP contribution is 2.01. The molecule has 0 aromatic heterocycles. The van der Waals surface area contributed by atoms with Gasteiger partial charge in [-0.25, -0.2) is 0 Å². The summed E-state index contributed by atoms with van der Waals surface area (Å²) in [6, 6.07) is 2.61. The lowest BCUT2D eigenvalue weighted by molar-refractivity contribution is 0.286. The van der Waals surface area contributed by atoms with Gasteiger partial charge in [0.05, 0.1) is 6.07 Å². The molecule has 3 nitrogen and oxygen atoms in total. The van der Waals surface area contributed by atoms with Crippen LogP contribution in [0, 0.1) is 17.2 Å². The third-order valence-corrected chi connectivity index (χ3v) is 2.27. The summed E-state index contributed by atoms with van der Waals surface area (Å²) in [6.07, 6.45) is 1.19. The van der Waals surface area contributed by atoms with Gasteiger partial charge in [0.1, 0.15) is 6.04 Å². The lowest BCUT2D eigenvalue weighted by atomic mass is 10.1. The standard InChI is InChI=1S/C12H25N3/c1-10(2)6-7-15(5)9-12(8-13)14-11(3)4/h10-12,14H,6-7,9H2,1-5H3. The van der Waals surface area contributed by atoms with Gasteiger partial charge in [0.15, 0.2) is 0 Å². The highest BCUT2D eigenvalue weighted by Gasteiger charge is 2.11. The van der Waals surface area contributed by atoms with Gasteiger partial charge in [-0.2, -0.15) is 5.26 Å². The molecule has 0 radical (unpaired) electrons. The van der Waals surface area contributed by atoms with Crippen molar-refractivity contribution in [1.82, 2.24) is 10.2 Å². The Hall–Kier alpha value is -0.590. The topological polar surface area (TPSA) is 39.1 Å². The zero-order valence-electron chi connectivity index (χ0n) is 10.7. The molecule has 0 heterocycles. The maximum absolute atomic E-state index is 8.96. The van der Waals surface area contributed by atoms with Crippen molar-refractivity contribution in [2.75, 3.05) is 20.1 Å². The second-order valence-corrected chi connectivity index (χ2v) is 4.95. The fraction of sp³-hybridized carbons (Fsp3) is 0.917.